The van der Waals surface area contributed by atoms with Gasteiger partial charge in [0.2, 0.25) is 5.76 Å². The smallest absolute Gasteiger partial charge is 0.375 e. The summed E-state index contributed by atoms with van der Waals surface area (Å²) in [6.07, 6.45) is -1.04. The number of fused-ring (bicyclic) bond motifs is 1. The van der Waals surface area contributed by atoms with Crippen molar-refractivity contribution in [2.75, 3.05) is 12.4 Å². The van der Waals surface area contributed by atoms with E-state index in [1.165, 1.54) is 14.0 Å². The molecule has 0 saturated heterocycles. The Morgan fingerprint density at radius 1 is 1.18 bits per heavy atom. The number of nitrogens with one attached hydrogen (secondary N) is 1. The number of para-hydroxylation sites is 1. The van der Waals surface area contributed by atoms with Crippen LogP contribution in [0.4, 0.5) is 5.69 Å². The minimum absolute atomic E-state index is 0.0840. The number of aryl methyl sites for hydroxylation is 2. The van der Waals surface area contributed by atoms with Crippen molar-refractivity contribution in [3.8, 4) is 5.75 Å². The maximum atomic E-state index is 12.5. The molecule has 0 radical (unpaired) electrons. The van der Waals surface area contributed by atoms with Crippen LogP contribution < -0.4 is 10.1 Å². The lowest BCUT2D eigenvalue weighted by Gasteiger charge is -2.16. The van der Waals surface area contributed by atoms with Gasteiger partial charge in [0.05, 0.1) is 12.8 Å². The number of carbonyl (C=O) groups is 2. The van der Waals surface area contributed by atoms with Gasteiger partial charge in [0.15, 0.2) is 6.10 Å². The van der Waals surface area contributed by atoms with E-state index in [1.807, 2.05) is 25.1 Å². The average Bonchev–Trinajstić information content (AvgIpc) is 3.01. The van der Waals surface area contributed by atoms with E-state index in [-0.39, 0.29) is 5.76 Å². The molecule has 1 atom stereocenters. The monoisotopic (exact) mass is 401 g/mol. The Morgan fingerprint density at radius 3 is 2.57 bits per heavy atom. The van der Waals surface area contributed by atoms with Crippen LogP contribution in [0.3, 0.4) is 0 Å². The van der Waals surface area contributed by atoms with E-state index in [0.29, 0.717) is 27.6 Å². The fourth-order valence-corrected chi connectivity index (χ4v) is 2.95. The van der Waals surface area contributed by atoms with Gasteiger partial charge in [0, 0.05) is 22.0 Å². The van der Waals surface area contributed by atoms with Crippen molar-refractivity contribution in [2.45, 2.75) is 26.9 Å². The average molecular weight is 402 g/mol. The number of carbonyl (C=O) groups excluding carboxylic acids is 2. The fraction of sp³-hybridized carbons (Fsp3) is 0.238. The zero-order chi connectivity index (χ0) is 20.4. The predicted molar refractivity (Wildman–Crippen MR) is 107 cm³/mol. The Morgan fingerprint density at radius 2 is 1.89 bits per heavy atom. The first-order chi connectivity index (χ1) is 13.3. The lowest BCUT2D eigenvalue weighted by molar-refractivity contribution is -0.123. The molecule has 6 nitrogen and oxygen atoms in total. The highest BCUT2D eigenvalue weighted by atomic mass is 35.5. The Hall–Kier alpha value is -2.99. The number of hydrogen-bond acceptors (Lipinski definition) is 5. The quantitative estimate of drug-likeness (QED) is 0.615. The molecule has 0 saturated carbocycles. The van der Waals surface area contributed by atoms with Crippen LogP contribution >= 0.6 is 11.6 Å². The van der Waals surface area contributed by atoms with E-state index in [0.717, 1.165) is 10.9 Å². The first-order valence-corrected chi connectivity index (χ1v) is 9.03. The molecule has 0 spiro atoms. The van der Waals surface area contributed by atoms with Crippen molar-refractivity contribution in [2.24, 2.45) is 0 Å². The molecule has 0 fully saturated rings. The van der Waals surface area contributed by atoms with Gasteiger partial charge >= 0.3 is 5.97 Å². The molecular weight excluding hydrogens is 382 g/mol. The number of hydrogen-bond donors (Lipinski definition) is 1. The van der Waals surface area contributed by atoms with Crippen molar-refractivity contribution in [3.63, 3.8) is 0 Å². The number of benzene rings is 2. The van der Waals surface area contributed by atoms with Crippen LogP contribution in [0.15, 0.2) is 40.8 Å². The number of furan rings is 1. The predicted octanol–water partition coefficient (Wildman–Crippen LogP) is 4.90. The van der Waals surface area contributed by atoms with Gasteiger partial charge in [-0.3, -0.25) is 4.79 Å². The molecule has 1 amide bonds. The maximum Gasteiger partial charge on any atom is 0.375 e. The number of rotatable bonds is 5. The zero-order valence-corrected chi connectivity index (χ0v) is 16.7. The molecule has 0 aliphatic carbocycles. The molecule has 1 aromatic heterocycles. The number of halogens is 1. The van der Waals surface area contributed by atoms with E-state index in [1.54, 1.807) is 25.1 Å². The fourth-order valence-electron chi connectivity index (χ4n) is 2.80. The van der Waals surface area contributed by atoms with E-state index < -0.39 is 18.0 Å². The molecule has 7 heteroatoms. The Balaban J connectivity index is 1.74. The summed E-state index contributed by atoms with van der Waals surface area (Å²) in [6, 6.07) is 10.6. The van der Waals surface area contributed by atoms with Gasteiger partial charge in [-0.25, -0.2) is 4.79 Å². The van der Waals surface area contributed by atoms with Crippen LogP contribution in [0.2, 0.25) is 5.02 Å². The van der Waals surface area contributed by atoms with Crippen molar-refractivity contribution in [1.29, 1.82) is 0 Å². The molecule has 1 N–H and O–H groups in total. The topological polar surface area (TPSA) is 77.8 Å². The summed E-state index contributed by atoms with van der Waals surface area (Å²) in [7, 11) is 1.48. The van der Waals surface area contributed by atoms with E-state index >= 15 is 0 Å². The molecule has 1 heterocycles. The molecule has 0 aliphatic heterocycles. The zero-order valence-electron chi connectivity index (χ0n) is 16.0. The molecular formula is C21H20ClNO5. The molecule has 2 aromatic carbocycles. The summed E-state index contributed by atoms with van der Waals surface area (Å²) >= 11 is 6.08. The molecule has 3 aromatic rings. The third-order valence-electron chi connectivity index (χ3n) is 4.42. The third-order valence-corrected chi connectivity index (χ3v) is 4.83. The number of ether oxygens (including phenoxy) is 2. The van der Waals surface area contributed by atoms with Gasteiger partial charge in [0.25, 0.3) is 5.91 Å². The second kappa shape index (κ2) is 7.94. The van der Waals surface area contributed by atoms with Crippen molar-refractivity contribution >= 4 is 40.1 Å². The highest BCUT2D eigenvalue weighted by molar-refractivity contribution is 6.31. The van der Waals surface area contributed by atoms with Crippen LogP contribution in [0.5, 0.6) is 5.75 Å². The number of methoxy groups -OCH3 is 1. The van der Waals surface area contributed by atoms with Gasteiger partial charge in [-0.05, 0) is 38.5 Å². The first kappa shape index (κ1) is 19.8. The lowest BCUT2D eigenvalue weighted by Crippen LogP contribution is -2.30. The Kier molecular flexibility index (Phi) is 5.61. The van der Waals surface area contributed by atoms with Gasteiger partial charge in [-0.15, -0.1) is 0 Å². The Labute approximate surface area is 167 Å². The normalized spacial score (nSPS) is 11.9. The second-order valence-corrected chi connectivity index (χ2v) is 6.80. The Bertz CT molecular complexity index is 1060. The molecule has 3 rings (SSSR count). The third kappa shape index (κ3) is 3.82. The summed E-state index contributed by atoms with van der Waals surface area (Å²) in [5.74, 6) is -0.700. The van der Waals surface area contributed by atoms with Crippen LogP contribution in [-0.4, -0.2) is 25.1 Å². The SMILES string of the molecule is COc1cc(Cl)c(C)cc1NC(=O)[C@@H](C)OC(=O)c1oc2ccccc2c1C. The van der Waals surface area contributed by atoms with Crippen molar-refractivity contribution in [1.82, 2.24) is 0 Å². The highest BCUT2D eigenvalue weighted by Gasteiger charge is 2.25. The van der Waals surface area contributed by atoms with Gasteiger partial charge in [-0.2, -0.15) is 0 Å². The number of anilines is 1. The minimum Gasteiger partial charge on any atom is -0.495 e. The van der Waals surface area contributed by atoms with Crippen LogP contribution in [-0.2, 0) is 9.53 Å². The van der Waals surface area contributed by atoms with E-state index in [9.17, 15) is 9.59 Å². The number of amides is 1. The summed E-state index contributed by atoms with van der Waals surface area (Å²) in [6.45, 7) is 5.07. The number of esters is 1. The highest BCUT2D eigenvalue weighted by Crippen LogP contribution is 2.31. The largest absolute Gasteiger partial charge is 0.495 e. The first-order valence-electron chi connectivity index (χ1n) is 8.66. The summed E-state index contributed by atoms with van der Waals surface area (Å²) in [5, 5.41) is 4.05. The van der Waals surface area contributed by atoms with E-state index in [4.69, 9.17) is 25.5 Å². The van der Waals surface area contributed by atoms with Gasteiger partial charge in [-0.1, -0.05) is 29.8 Å². The molecule has 0 aliphatic rings. The molecule has 0 bridgehead atoms. The summed E-state index contributed by atoms with van der Waals surface area (Å²) < 4.78 is 16.1. The van der Waals surface area contributed by atoms with Gasteiger partial charge < -0.3 is 19.2 Å². The summed E-state index contributed by atoms with van der Waals surface area (Å²) in [5.41, 5.74) is 2.48. The lowest BCUT2D eigenvalue weighted by atomic mass is 10.1. The molecule has 146 valence electrons. The standard InChI is InChI=1S/C21H20ClNO5/c1-11-9-16(18(26-4)10-15(11)22)23-20(24)13(3)27-21(25)19-12(2)14-7-5-6-8-17(14)28-19/h5-10,13H,1-4H3,(H,23,24)/t13-/m1/s1. The molecule has 28 heavy (non-hydrogen) atoms. The van der Waals surface area contributed by atoms with Crippen LogP contribution in [0, 0.1) is 13.8 Å². The van der Waals surface area contributed by atoms with Crippen molar-refractivity contribution in [3.05, 3.63) is 58.3 Å². The van der Waals surface area contributed by atoms with Crippen molar-refractivity contribution < 1.29 is 23.5 Å². The summed E-state index contributed by atoms with van der Waals surface area (Å²) in [4.78, 5) is 25.0. The van der Waals surface area contributed by atoms with Crippen LogP contribution in [0.1, 0.15) is 28.6 Å². The minimum atomic E-state index is -1.04. The van der Waals surface area contributed by atoms with E-state index in [2.05, 4.69) is 5.32 Å². The second-order valence-electron chi connectivity index (χ2n) is 6.39. The van der Waals surface area contributed by atoms with Gasteiger partial charge in [0.1, 0.15) is 11.3 Å². The van der Waals surface area contributed by atoms with Crippen LogP contribution in [0.25, 0.3) is 11.0 Å². The maximum absolute atomic E-state index is 12.5. The molecule has 0 unspecified atom stereocenters.